The van der Waals surface area contributed by atoms with Crippen LogP contribution in [0.5, 0.6) is 5.75 Å². The summed E-state index contributed by atoms with van der Waals surface area (Å²) in [6.07, 6.45) is -4.50. The van der Waals surface area contributed by atoms with Gasteiger partial charge in [0.2, 0.25) is 6.29 Å². The summed E-state index contributed by atoms with van der Waals surface area (Å²) in [4.78, 5) is 21.1. The van der Waals surface area contributed by atoms with Gasteiger partial charge in [0.15, 0.2) is 6.10 Å². The number of carboxylic acids is 1. The zero-order chi connectivity index (χ0) is 17.0. The molecule has 0 aromatic heterocycles. The number of aliphatic carboxylic acids is 1. The van der Waals surface area contributed by atoms with Gasteiger partial charge in [-0.05, 0) is 30.2 Å². The molecule has 1 heterocycles. The van der Waals surface area contributed by atoms with Crippen molar-refractivity contribution in [2.45, 2.75) is 44.9 Å². The third-order valence-electron chi connectivity index (χ3n) is 3.39. The second-order valence-electron chi connectivity index (χ2n) is 5.26. The first-order valence-electron chi connectivity index (χ1n) is 7.00. The van der Waals surface area contributed by atoms with Gasteiger partial charge in [0, 0.05) is 12.8 Å². The molecule has 1 aromatic carbocycles. The van der Waals surface area contributed by atoms with Crippen LogP contribution in [0.25, 0.3) is 0 Å². The number of carboxylic acid groups (broad SMARTS) is 1. The third kappa shape index (κ3) is 4.90. The lowest BCUT2D eigenvalue weighted by molar-refractivity contribution is -0.195. The van der Waals surface area contributed by atoms with E-state index in [4.69, 9.17) is 14.6 Å². The number of aliphatic hydroxyl groups excluding tert-OH is 1. The lowest BCUT2D eigenvalue weighted by Gasteiger charge is -2.31. The molecule has 0 amide bonds. The minimum absolute atomic E-state index is 0.0156. The molecule has 2 N–H and O–H groups in total. The lowest BCUT2D eigenvalue weighted by Crippen LogP contribution is -2.42. The molecule has 1 aliphatic rings. The van der Waals surface area contributed by atoms with Crippen molar-refractivity contribution in [1.29, 1.82) is 0 Å². The average molecular weight is 328 g/mol. The Kier molecular flexibility index (Phi) is 5.51. The van der Waals surface area contributed by atoms with Crippen molar-refractivity contribution in [2.24, 2.45) is 0 Å². The fraction of sp³-hybridized carbons (Fsp3) is 0.467. The lowest BCUT2D eigenvalue weighted by atomic mass is 10.1. The first-order chi connectivity index (χ1) is 10.8. The number of carbonyl (C=O) groups excluding carboxylic acids is 1. The van der Waals surface area contributed by atoms with Crippen LogP contribution in [0.2, 0.25) is 0 Å². The highest BCUT2D eigenvalue weighted by Crippen LogP contribution is 2.26. The molecule has 2 rings (SSSR count). The van der Waals surface area contributed by atoms with Gasteiger partial charge in [0.25, 0.3) is 0 Å². The molecule has 1 aromatic rings. The van der Waals surface area contributed by atoms with Gasteiger partial charge in [-0.15, -0.1) is 4.39 Å². The highest BCUT2D eigenvalue weighted by atomic mass is 19.1. The second kappa shape index (κ2) is 7.38. The molecule has 3 unspecified atom stereocenters. The molecule has 23 heavy (non-hydrogen) atoms. The third-order valence-corrected chi connectivity index (χ3v) is 3.39. The molecule has 126 valence electrons. The van der Waals surface area contributed by atoms with Crippen LogP contribution in [0.4, 0.5) is 9.18 Å². The molecular weight excluding hydrogens is 311 g/mol. The topological polar surface area (TPSA) is 102 Å². The van der Waals surface area contributed by atoms with Crippen molar-refractivity contribution in [2.75, 3.05) is 0 Å². The van der Waals surface area contributed by atoms with Crippen molar-refractivity contribution in [3.63, 3.8) is 0 Å². The summed E-state index contributed by atoms with van der Waals surface area (Å²) in [5.41, 5.74) is 1.25. The first kappa shape index (κ1) is 17.2. The van der Waals surface area contributed by atoms with Crippen molar-refractivity contribution >= 4 is 12.2 Å². The summed E-state index contributed by atoms with van der Waals surface area (Å²) in [5, 5.41) is 18.7. The number of aliphatic hydroxyl groups is 1. The van der Waals surface area contributed by atoms with Crippen LogP contribution >= 0.6 is 0 Å². The maximum Gasteiger partial charge on any atom is 0.495 e. The van der Waals surface area contributed by atoms with Gasteiger partial charge >= 0.3 is 12.2 Å². The Morgan fingerprint density at radius 3 is 2.74 bits per heavy atom. The Morgan fingerprint density at radius 1 is 1.39 bits per heavy atom. The van der Waals surface area contributed by atoms with Gasteiger partial charge in [0.05, 0.1) is 6.10 Å². The molecule has 7 nitrogen and oxygen atoms in total. The van der Waals surface area contributed by atoms with Gasteiger partial charge in [-0.25, -0.2) is 9.59 Å². The number of ether oxygens (including phenoxy) is 3. The van der Waals surface area contributed by atoms with E-state index < -0.39 is 30.7 Å². The first-order valence-corrected chi connectivity index (χ1v) is 7.00. The summed E-state index contributed by atoms with van der Waals surface area (Å²) in [6, 6.07) is 4.81. The molecule has 0 saturated carbocycles. The fourth-order valence-corrected chi connectivity index (χ4v) is 2.31. The standard InChI is InChI=1S/C15H17FO7/c1-8-4-9(7-21-15(16)20)2-3-11(8)22-13-6-10(17)5-12(23-13)14(18)19/h2-4,10,12-13,17H,5-7H2,1H3,(H,18,19). The minimum atomic E-state index is -1.85. The van der Waals surface area contributed by atoms with Crippen molar-refractivity contribution < 1.29 is 38.4 Å². The van der Waals surface area contributed by atoms with Crippen molar-refractivity contribution in [3.05, 3.63) is 29.3 Å². The molecular formula is C15H17FO7. The Hall–Kier alpha value is -2.19. The van der Waals surface area contributed by atoms with E-state index in [0.29, 0.717) is 16.9 Å². The smallest absolute Gasteiger partial charge is 0.479 e. The van der Waals surface area contributed by atoms with Gasteiger partial charge in [-0.2, -0.15) is 0 Å². The van der Waals surface area contributed by atoms with E-state index in [2.05, 4.69) is 4.74 Å². The van der Waals surface area contributed by atoms with E-state index >= 15 is 0 Å². The van der Waals surface area contributed by atoms with E-state index in [9.17, 15) is 19.1 Å². The Bertz CT molecular complexity index is 589. The number of hydrogen-bond donors (Lipinski definition) is 2. The number of benzene rings is 1. The Labute approximate surface area is 131 Å². The zero-order valence-electron chi connectivity index (χ0n) is 12.4. The Morgan fingerprint density at radius 2 is 2.13 bits per heavy atom. The second-order valence-corrected chi connectivity index (χ2v) is 5.26. The van der Waals surface area contributed by atoms with E-state index in [1.165, 1.54) is 0 Å². The Balaban J connectivity index is 2.01. The highest BCUT2D eigenvalue weighted by Gasteiger charge is 2.34. The van der Waals surface area contributed by atoms with Crippen molar-refractivity contribution in [1.82, 2.24) is 0 Å². The minimum Gasteiger partial charge on any atom is -0.479 e. The number of aryl methyl sites for hydroxylation is 1. The molecule has 1 aliphatic heterocycles. The van der Waals surface area contributed by atoms with E-state index in [1.807, 2.05) is 0 Å². The van der Waals surface area contributed by atoms with Crippen LogP contribution in [-0.4, -0.2) is 40.9 Å². The van der Waals surface area contributed by atoms with Crippen molar-refractivity contribution in [3.8, 4) is 5.75 Å². The van der Waals surface area contributed by atoms with E-state index in [1.54, 1.807) is 25.1 Å². The molecule has 0 radical (unpaired) electrons. The fourth-order valence-electron chi connectivity index (χ4n) is 2.31. The molecule has 0 aliphatic carbocycles. The predicted octanol–water partition coefficient (Wildman–Crippen LogP) is 1.93. The average Bonchev–Trinajstić information content (AvgIpc) is 2.47. The van der Waals surface area contributed by atoms with Gasteiger partial charge in [0.1, 0.15) is 12.4 Å². The van der Waals surface area contributed by atoms with Crippen LogP contribution in [-0.2, 0) is 20.9 Å². The molecule has 3 atom stereocenters. The number of carbonyl (C=O) groups is 2. The molecule has 0 bridgehead atoms. The summed E-state index contributed by atoms with van der Waals surface area (Å²) in [7, 11) is 0. The molecule has 8 heteroatoms. The number of rotatable bonds is 5. The van der Waals surface area contributed by atoms with Crippen LogP contribution in [0.15, 0.2) is 18.2 Å². The zero-order valence-corrected chi connectivity index (χ0v) is 12.4. The van der Waals surface area contributed by atoms with Gasteiger partial charge in [-0.1, -0.05) is 6.07 Å². The largest absolute Gasteiger partial charge is 0.495 e. The maximum absolute atomic E-state index is 12.0. The van der Waals surface area contributed by atoms with E-state index in [-0.39, 0.29) is 19.4 Å². The highest BCUT2D eigenvalue weighted by molar-refractivity contribution is 5.72. The van der Waals surface area contributed by atoms with Crippen LogP contribution in [0, 0.1) is 6.92 Å². The summed E-state index contributed by atoms with van der Waals surface area (Å²) >= 11 is 0. The van der Waals surface area contributed by atoms with Crippen LogP contribution in [0.3, 0.4) is 0 Å². The number of halogens is 1. The summed E-state index contributed by atoms with van der Waals surface area (Å²) < 4.78 is 27.2. The maximum atomic E-state index is 12.0. The summed E-state index contributed by atoms with van der Waals surface area (Å²) in [5.74, 6) is -0.721. The monoisotopic (exact) mass is 328 g/mol. The molecule has 1 fully saturated rings. The SMILES string of the molecule is Cc1cc(COC(=O)F)ccc1OC1CC(O)CC(C(=O)O)O1. The van der Waals surface area contributed by atoms with Crippen LogP contribution < -0.4 is 4.74 Å². The van der Waals surface area contributed by atoms with Gasteiger partial charge in [-0.3, -0.25) is 0 Å². The summed E-state index contributed by atoms with van der Waals surface area (Å²) in [6.45, 7) is 1.53. The quantitative estimate of drug-likeness (QED) is 0.796. The molecule has 0 spiro atoms. The number of hydrogen-bond acceptors (Lipinski definition) is 6. The van der Waals surface area contributed by atoms with E-state index in [0.717, 1.165) is 0 Å². The van der Waals surface area contributed by atoms with Gasteiger partial charge < -0.3 is 24.4 Å². The predicted molar refractivity (Wildman–Crippen MR) is 74.6 cm³/mol. The molecule has 1 saturated heterocycles. The van der Waals surface area contributed by atoms with Crippen LogP contribution in [0.1, 0.15) is 24.0 Å². The normalized spacial score (nSPS) is 24.0.